The van der Waals surface area contributed by atoms with E-state index in [1.165, 1.54) is 0 Å². The maximum atomic E-state index is 11.5. The third-order valence-electron chi connectivity index (χ3n) is 3.01. The molecule has 1 aliphatic carbocycles. The summed E-state index contributed by atoms with van der Waals surface area (Å²) in [5.74, 6) is -2.07. The van der Waals surface area contributed by atoms with Crippen LogP contribution in [-0.2, 0) is 9.59 Å². The molecular weight excluding hydrogens is 240 g/mol. The van der Waals surface area contributed by atoms with Crippen LogP contribution in [0.15, 0.2) is 0 Å². The van der Waals surface area contributed by atoms with Crippen LogP contribution < -0.4 is 10.6 Å². The van der Waals surface area contributed by atoms with E-state index in [9.17, 15) is 14.4 Å². The Labute approximate surface area is 105 Å². The van der Waals surface area contributed by atoms with E-state index in [1.807, 2.05) is 0 Å². The van der Waals surface area contributed by atoms with Gasteiger partial charge in [0.2, 0.25) is 0 Å². The van der Waals surface area contributed by atoms with Crippen LogP contribution in [0.25, 0.3) is 0 Å². The highest BCUT2D eigenvalue weighted by atomic mass is 16.4. The van der Waals surface area contributed by atoms with Crippen LogP contribution in [0.4, 0.5) is 4.79 Å². The second kappa shape index (κ2) is 6.23. The van der Waals surface area contributed by atoms with Crippen molar-refractivity contribution in [1.82, 2.24) is 10.6 Å². The van der Waals surface area contributed by atoms with Crippen LogP contribution in [0.3, 0.4) is 0 Å². The molecule has 4 N–H and O–H groups in total. The van der Waals surface area contributed by atoms with E-state index in [4.69, 9.17) is 10.2 Å². The Morgan fingerprint density at radius 1 is 1.28 bits per heavy atom. The van der Waals surface area contributed by atoms with E-state index in [2.05, 4.69) is 17.6 Å². The number of carbonyl (C=O) groups excluding carboxylic acids is 1. The molecule has 0 saturated heterocycles. The summed E-state index contributed by atoms with van der Waals surface area (Å²) < 4.78 is 0. The largest absolute Gasteiger partial charge is 0.481 e. The van der Waals surface area contributed by atoms with Gasteiger partial charge in [-0.05, 0) is 25.2 Å². The molecule has 2 amide bonds. The number of carboxylic acids is 2. The van der Waals surface area contributed by atoms with Gasteiger partial charge >= 0.3 is 18.0 Å². The van der Waals surface area contributed by atoms with Crippen molar-refractivity contribution in [3.63, 3.8) is 0 Å². The van der Waals surface area contributed by atoms with Gasteiger partial charge in [0.15, 0.2) is 0 Å². The summed E-state index contributed by atoms with van der Waals surface area (Å²) in [7, 11) is 0. The second-order valence-electron chi connectivity index (χ2n) is 4.72. The van der Waals surface area contributed by atoms with Gasteiger partial charge in [-0.1, -0.05) is 6.92 Å². The molecule has 0 aromatic rings. The van der Waals surface area contributed by atoms with Crippen molar-refractivity contribution in [2.45, 2.75) is 44.7 Å². The van der Waals surface area contributed by atoms with E-state index in [0.29, 0.717) is 5.92 Å². The summed E-state index contributed by atoms with van der Waals surface area (Å²) in [5.41, 5.74) is 0. The zero-order valence-corrected chi connectivity index (χ0v) is 10.2. The van der Waals surface area contributed by atoms with Crippen molar-refractivity contribution in [1.29, 1.82) is 0 Å². The fraction of sp³-hybridized carbons (Fsp3) is 0.727. The highest BCUT2D eigenvalue weighted by Crippen LogP contribution is 2.24. The Balaban J connectivity index is 2.41. The Kier molecular flexibility index (Phi) is 4.94. The van der Waals surface area contributed by atoms with Crippen molar-refractivity contribution in [2.24, 2.45) is 5.92 Å². The van der Waals surface area contributed by atoms with Gasteiger partial charge in [0.1, 0.15) is 6.04 Å². The lowest BCUT2D eigenvalue weighted by Crippen LogP contribution is -2.49. The SMILES string of the molecule is CC1CCC(NC(=O)N[C@@H](CC(=O)O)C(=O)O)C1. The lowest BCUT2D eigenvalue weighted by atomic mass is 10.1. The summed E-state index contributed by atoms with van der Waals surface area (Å²) in [4.78, 5) is 32.7. The van der Waals surface area contributed by atoms with Gasteiger partial charge in [-0.25, -0.2) is 9.59 Å². The van der Waals surface area contributed by atoms with Crippen molar-refractivity contribution in [2.75, 3.05) is 0 Å². The minimum atomic E-state index is -1.40. The third-order valence-corrected chi connectivity index (χ3v) is 3.01. The molecule has 7 heteroatoms. The molecule has 7 nitrogen and oxygen atoms in total. The summed E-state index contributed by atoms with van der Waals surface area (Å²) in [6.45, 7) is 2.09. The predicted octanol–water partition coefficient (Wildman–Crippen LogP) is 0.402. The number of carboxylic acid groups (broad SMARTS) is 2. The van der Waals surface area contributed by atoms with Gasteiger partial charge < -0.3 is 20.8 Å². The molecular formula is C11H18N2O5. The fourth-order valence-corrected chi connectivity index (χ4v) is 2.10. The molecule has 0 bridgehead atoms. The fourth-order valence-electron chi connectivity index (χ4n) is 2.10. The highest BCUT2D eigenvalue weighted by Gasteiger charge is 2.26. The maximum Gasteiger partial charge on any atom is 0.326 e. The number of urea groups is 1. The number of nitrogens with one attached hydrogen (secondary N) is 2. The van der Waals surface area contributed by atoms with Crippen LogP contribution in [0.1, 0.15) is 32.6 Å². The molecule has 1 saturated carbocycles. The lowest BCUT2D eigenvalue weighted by Gasteiger charge is -2.16. The summed E-state index contributed by atoms with van der Waals surface area (Å²) in [6, 6.07) is -1.98. The van der Waals surface area contributed by atoms with Crippen molar-refractivity contribution in [3.8, 4) is 0 Å². The summed E-state index contributed by atoms with van der Waals surface area (Å²) >= 11 is 0. The van der Waals surface area contributed by atoms with Gasteiger partial charge in [0, 0.05) is 6.04 Å². The standard InChI is InChI=1S/C11H18N2O5/c1-6-2-3-7(4-6)12-11(18)13-8(10(16)17)5-9(14)15/h6-8H,2-5H2,1H3,(H,14,15)(H,16,17)(H2,12,13,18)/t6?,7?,8-/m0/s1. The monoisotopic (exact) mass is 258 g/mol. The molecule has 0 heterocycles. The lowest BCUT2D eigenvalue weighted by molar-refractivity contribution is -0.145. The molecule has 1 aliphatic rings. The molecule has 0 radical (unpaired) electrons. The molecule has 1 fully saturated rings. The first-order valence-electron chi connectivity index (χ1n) is 5.90. The molecule has 1 rings (SSSR count). The first-order valence-corrected chi connectivity index (χ1v) is 5.90. The summed E-state index contributed by atoms with van der Waals surface area (Å²) in [5, 5.41) is 22.1. The average molecular weight is 258 g/mol. The molecule has 0 aliphatic heterocycles. The smallest absolute Gasteiger partial charge is 0.326 e. The third kappa shape index (κ3) is 4.60. The average Bonchev–Trinajstić information content (AvgIpc) is 2.62. The first-order chi connectivity index (χ1) is 8.38. The number of hydrogen-bond donors (Lipinski definition) is 4. The number of rotatable bonds is 5. The van der Waals surface area contributed by atoms with Crippen LogP contribution in [0.2, 0.25) is 0 Å². The Morgan fingerprint density at radius 3 is 2.39 bits per heavy atom. The quantitative estimate of drug-likeness (QED) is 0.569. The highest BCUT2D eigenvalue weighted by molar-refractivity contribution is 5.86. The molecule has 0 spiro atoms. The second-order valence-corrected chi connectivity index (χ2v) is 4.72. The van der Waals surface area contributed by atoms with Gasteiger partial charge in [-0.15, -0.1) is 0 Å². The normalized spacial score (nSPS) is 24.3. The van der Waals surface area contributed by atoms with Crippen molar-refractivity contribution < 1.29 is 24.6 Å². The number of amides is 2. The molecule has 18 heavy (non-hydrogen) atoms. The number of hydrogen-bond acceptors (Lipinski definition) is 3. The van der Waals surface area contributed by atoms with Gasteiger partial charge in [0.05, 0.1) is 6.42 Å². The Bertz CT molecular complexity index is 344. The molecule has 0 aromatic carbocycles. The zero-order chi connectivity index (χ0) is 13.7. The van der Waals surface area contributed by atoms with E-state index in [0.717, 1.165) is 19.3 Å². The van der Waals surface area contributed by atoms with Crippen molar-refractivity contribution in [3.05, 3.63) is 0 Å². The van der Waals surface area contributed by atoms with Gasteiger partial charge in [-0.2, -0.15) is 0 Å². The number of aliphatic carboxylic acids is 2. The van der Waals surface area contributed by atoms with Gasteiger partial charge in [0.25, 0.3) is 0 Å². The number of carbonyl (C=O) groups is 3. The topological polar surface area (TPSA) is 116 Å². The molecule has 102 valence electrons. The van der Waals surface area contributed by atoms with Crippen molar-refractivity contribution >= 4 is 18.0 Å². The maximum absolute atomic E-state index is 11.5. The van der Waals surface area contributed by atoms with E-state index < -0.39 is 30.4 Å². The van der Waals surface area contributed by atoms with E-state index in [1.54, 1.807) is 0 Å². The Morgan fingerprint density at radius 2 is 1.94 bits per heavy atom. The van der Waals surface area contributed by atoms with Crippen LogP contribution in [0, 0.1) is 5.92 Å². The van der Waals surface area contributed by atoms with Crippen LogP contribution in [0.5, 0.6) is 0 Å². The minimum Gasteiger partial charge on any atom is -0.481 e. The zero-order valence-electron chi connectivity index (χ0n) is 10.2. The molecule has 2 unspecified atom stereocenters. The van der Waals surface area contributed by atoms with E-state index >= 15 is 0 Å². The minimum absolute atomic E-state index is 0.0410. The first kappa shape index (κ1) is 14.3. The summed E-state index contributed by atoms with van der Waals surface area (Å²) in [6.07, 6.45) is 2.13. The van der Waals surface area contributed by atoms with E-state index in [-0.39, 0.29) is 6.04 Å². The van der Waals surface area contributed by atoms with Crippen LogP contribution >= 0.6 is 0 Å². The van der Waals surface area contributed by atoms with Crippen LogP contribution in [-0.4, -0.2) is 40.3 Å². The van der Waals surface area contributed by atoms with Gasteiger partial charge in [-0.3, -0.25) is 4.79 Å². The molecule has 0 aromatic heterocycles. The molecule has 3 atom stereocenters. The Hall–Kier alpha value is -1.79. The predicted molar refractivity (Wildman–Crippen MR) is 62.1 cm³/mol.